The third-order valence-corrected chi connectivity index (χ3v) is 3.04. The highest BCUT2D eigenvalue weighted by Gasteiger charge is 2.15. The summed E-state index contributed by atoms with van der Waals surface area (Å²) in [6, 6.07) is 5.57. The topological polar surface area (TPSA) is 73.9 Å². The Morgan fingerprint density at radius 3 is 3.00 bits per heavy atom. The van der Waals surface area contributed by atoms with E-state index in [9.17, 15) is 9.59 Å². The van der Waals surface area contributed by atoms with Crippen LogP contribution in [-0.4, -0.2) is 25.1 Å². The number of fused-ring (bicyclic) bond motifs is 1. The lowest BCUT2D eigenvalue weighted by Gasteiger charge is -2.17. The monoisotopic (exact) mass is 293 g/mol. The summed E-state index contributed by atoms with van der Waals surface area (Å²) in [6.45, 7) is 2.51. The summed E-state index contributed by atoms with van der Waals surface area (Å²) >= 11 is 0. The highest BCUT2D eigenvalue weighted by Crippen LogP contribution is 2.26. The Labute approximate surface area is 123 Å². The van der Waals surface area contributed by atoms with Gasteiger partial charge >= 0.3 is 5.97 Å². The van der Waals surface area contributed by atoms with Gasteiger partial charge in [0, 0.05) is 12.1 Å². The summed E-state index contributed by atoms with van der Waals surface area (Å²) in [6.07, 6.45) is 2.03. The molecule has 0 spiro atoms. The molecule has 1 aliphatic heterocycles. The number of carbonyl (C=O) groups is 2. The van der Waals surface area contributed by atoms with Crippen molar-refractivity contribution in [2.75, 3.05) is 18.5 Å². The molecule has 0 aromatic heterocycles. The fraction of sp³-hybridized carbons (Fsp3) is 0.467. The van der Waals surface area contributed by atoms with Crippen molar-refractivity contribution in [3.63, 3.8) is 0 Å². The van der Waals surface area contributed by atoms with Crippen molar-refractivity contribution >= 4 is 17.6 Å². The van der Waals surface area contributed by atoms with E-state index >= 15 is 0 Å². The van der Waals surface area contributed by atoms with E-state index in [1.165, 1.54) is 0 Å². The molecule has 0 bridgehead atoms. The lowest BCUT2D eigenvalue weighted by atomic mass is 10.0. The minimum absolute atomic E-state index is 0.0454. The van der Waals surface area contributed by atoms with Gasteiger partial charge in [0.15, 0.2) is 0 Å². The normalized spacial score (nSPS) is 13.3. The number of benzene rings is 1. The van der Waals surface area contributed by atoms with E-state index in [-0.39, 0.29) is 12.3 Å². The van der Waals surface area contributed by atoms with Gasteiger partial charge in [-0.2, -0.15) is 4.89 Å². The zero-order chi connectivity index (χ0) is 15.1. The second-order valence-corrected chi connectivity index (χ2v) is 4.68. The van der Waals surface area contributed by atoms with Crippen molar-refractivity contribution in [1.82, 2.24) is 0 Å². The Balaban J connectivity index is 1.74. The lowest BCUT2D eigenvalue weighted by Crippen LogP contribution is -2.18. The first kappa shape index (κ1) is 15.3. The van der Waals surface area contributed by atoms with Gasteiger partial charge in [0.1, 0.15) is 5.75 Å². The Morgan fingerprint density at radius 1 is 1.33 bits per heavy atom. The third kappa shape index (κ3) is 4.75. The Kier molecular flexibility index (Phi) is 5.57. The molecule has 0 fully saturated rings. The number of amides is 1. The minimum Gasteiger partial charge on any atom is -0.494 e. The van der Waals surface area contributed by atoms with Crippen molar-refractivity contribution in [2.45, 2.75) is 32.6 Å². The Morgan fingerprint density at radius 2 is 2.19 bits per heavy atom. The molecule has 1 N–H and O–H groups in total. The molecule has 1 aromatic carbocycles. The molecule has 0 radical (unpaired) electrons. The van der Waals surface area contributed by atoms with Crippen LogP contribution in [0.1, 0.15) is 31.7 Å². The van der Waals surface area contributed by atoms with Crippen LogP contribution in [0, 0.1) is 0 Å². The van der Waals surface area contributed by atoms with Crippen molar-refractivity contribution in [3.8, 4) is 5.75 Å². The van der Waals surface area contributed by atoms with E-state index in [1.54, 1.807) is 6.92 Å². The van der Waals surface area contributed by atoms with Crippen molar-refractivity contribution in [1.29, 1.82) is 0 Å². The molecule has 2 rings (SSSR count). The lowest BCUT2D eigenvalue weighted by molar-refractivity contribution is -0.269. The summed E-state index contributed by atoms with van der Waals surface area (Å²) in [5, 5.41) is 2.82. The highest BCUT2D eigenvalue weighted by molar-refractivity contribution is 5.93. The molecule has 6 nitrogen and oxygen atoms in total. The van der Waals surface area contributed by atoms with E-state index in [4.69, 9.17) is 4.74 Å². The second-order valence-electron chi connectivity index (χ2n) is 4.68. The standard InChI is InChI=1S/C15H19NO5/c1-2-20-21-15(18)4-3-9-19-12-6-7-13-11(10-12)5-8-14(17)16-13/h6-7,10H,2-5,8-9H2,1H3,(H,16,17). The van der Waals surface area contributed by atoms with Crippen LogP contribution in [0.3, 0.4) is 0 Å². The molecule has 0 unspecified atom stereocenters. The van der Waals surface area contributed by atoms with Gasteiger partial charge in [-0.05, 0) is 43.5 Å². The van der Waals surface area contributed by atoms with Gasteiger partial charge in [0.25, 0.3) is 0 Å². The maximum Gasteiger partial charge on any atom is 0.342 e. The zero-order valence-electron chi connectivity index (χ0n) is 12.0. The molecule has 1 heterocycles. The average Bonchev–Trinajstić information content (AvgIpc) is 2.49. The molecule has 0 atom stereocenters. The van der Waals surface area contributed by atoms with E-state index in [2.05, 4.69) is 15.1 Å². The fourth-order valence-electron chi connectivity index (χ4n) is 2.02. The largest absolute Gasteiger partial charge is 0.494 e. The van der Waals surface area contributed by atoms with Crippen molar-refractivity contribution in [2.24, 2.45) is 0 Å². The quantitative estimate of drug-likeness (QED) is 0.474. The van der Waals surface area contributed by atoms with Crippen LogP contribution >= 0.6 is 0 Å². The molecule has 1 aromatic rings. The van der Waals surface area contributed by atoms with E-state index in [1.807, 2.05) is 18.2 Å². The van der Waals surface area contributed by atoms with Gasteiger partial charge in [-0.25, -0.2) is 4.79 Å². The molecular weight excluding hydrogens is 274 g/mol. The van der Waals surface area contributed by atoms with Gasteiger partial charge in [-0.15, -0.1) is 0 Å². The van der Waals surface area contributed by atoms with E-state index < -0.39 is 5.97 Å². The number of aryl methyl sites for hydroxylation is 1. The first-order chi connectivity index (χ1) is 10.2. The first-order valence-electron chi connectivity index (χ1n) is 7.07. The first-order valence-corrected chi connectivity index (χ1v) is 7.07. The van der Waals surface area contributed by atoms with E-state index in [0.29, 0.717) is 26.1 Å². The number of ether oxygens (including phenoxy) is 1. The molecule has 1 amide bonds. The summed E-state index contributed by atoms with van der Waals surface area (Å²) in [7, 11) is 0. The van der Waals surface area contributed by atoms with Crippen molar-refractivity contribution < 1.29 is 24.1 Å². The van der Waals surface area contributed by atoms with Crippen LogP contribution < -0.4 is 10.1 Å². The van der Waals surface area contributed by atoms with Gasteiger partial charge in [0.2, 0.25) is 5.91 Å². The zero-order valence-corrected chi connectivity index (χ0v) is 12.0. The molecule has 0 saturated heterocycles. The minimum atomic E-state index is -0.395. The maximum atomic E-state index is 11.3. The summed E-state index contributed by atoms with van der Waals surface area (Å²) in [5.41, 5.74) is 1.92. The summed E-state index contributed by atoms with van der Waals surface area (Å²) in [4.78, 5) is 31.5. The molecule has 6 heteroatoms. The molecule has 1 aliphatic rings. The fourth-order valence-corrected chi connectivity index (χ4v) is 2.02. The number of carbonyl (C=O) groups excluding carboxylic acids is 2. The number of hydrogen-bond donors (Lipinski definition) is 1. The smallest absolute Gasteiger partial charge is 0.342 e. The van der Waals surface area contributed by atoms with Gasteiger partial charge in [-0.1, -0.05) is 0 Å². The van der Waals surface area contributed by atoms with E-state index in [0.717, 1.165) is 23.4 Å². The van der Waals surface area contributed by atoms with Crippen LogP contribution in [0.15, 0.2) is 18.2 Å². The van der Waals surface area contributed by atoms with Crippen LogP contribution in [0.4, 0.5) is 5.69 Å². The van der Waals surface area contributed by atoms with Crippen molar-refractivity contribution in [3.05, 3.63) is 23.8 Å². The number of hydrogen-bond acceptors (Lipinski definition) is 5. The second kappa shape index (κ2) is 7.64. The van der Waals surface area contributed by atoms with Crippen LogP contribution in [0.2, 0.25) is 0 Å². The predicted molar refractivity (Wildman–Crippen MR) is 75.8 cm³/mol. The maximum absolute atomic E-state index is 11.3. The third-order valence-electron chi connectivity index (χ3n) is 3.04. The van der Waals surface area contributed by atoms with Gasteiger partial charge < -0.3 is 10.1 Å². The number of anilines is 1. The number of nitrogens with one attached hydrogen (secondary N) is 1. The number of rotatable bonds is 7. The molecule has 114 valence electrons. The summed E-state index contributed by atoms with van der Waals surface area (Å²) in [5.74, 6) is 0.389. The SMILES string of the molecule is CCOOC(=O)CCCOc1ccc2c(c1)CCC(=O)N2. The van der Waals surface area contributed by atoms with Crippen LogP contribution in [-0.2, 0) is 25.8 Å². The van der Waals surface area contributed by atoms with Gasteiger partial charge in [0.05, 0.1) is 19.6 Å². The average molecular weight is 293 g/mol. The predicted octanol–water partition coefficient (Wildman–Crippen LogP) is 2.22. The Hall–Kier alpha value is -2.08. The molecule has 0 saturated carbocycles. The molecule has 0 aliphatic carbocycles. The molecule has 21 heavy (non-hydrogen) atoms. The van der Waals surface area contributed by atoms with Gasteiger partial charge in [-0.3, -0.25) is 9.68 Å². The van der Waals surface area contributed by atoms with Crippen LogP contribution in [0.5, 0.6) is 5.75 Å². The van der Waals surface area contributed by atoms with Crippen LogP contribution in [0.25, 0.3) is 0 Å². The Bertz CT molecular complexity index is 515. The molecular formula is C15H19NO5. The highest BCUT2D eigenvalue weighted by atomic mass is 17.2. The summed E-state index contributed by atoms with van der Waals surface area (Å²) < 4.78 is 5.59.